The van der Waals surface area contributed by atoms with E-state index >= 15 is 0 Å². The van der Waals surface area contributed by atoms with Crippen molar-refractivity contribution in [1.82, 2.24) is 21.1 Å². The molecule has 2 atom stereocenters. The lowest BCUT2D eigenvalue weighted by molar-refractivity contribution is -0.862. The zero-order valence-electron chi connectivity index (χ0n) is 16.0. The number of hydrazine groups is 1. The average molecular weight is 376 g/mol. The normalized spacial score (nSPS) is 20.4. The van der Waals surface area contributed by atoms with Crippen LogP contribution in [-0.2, 0) is 19.9 Å². The van der Waals surface area contributed by atoms with Crippen molar-refractivity contribution in [3.8, 4) is 0 Å². The number of carbonyl (C=O) groups excluding carboxylic acids is 4. The number of quaternary nitrogens is 1. The standard InChI is InChI=1S/C18H25N5O4/c1-12(2)19-14(24)10-22(4)11-15(25)21-23-16(26)18(3,20-17(23)27)13-8-6-5-7-9-13/h5-9,12H,10-11H2,1-4H3,(H,19,24)(H,20,27)(H,21,25)/p+1/t18-/m0/s1. The van der Waals surface area contributed by atoms with E-state index < -0.39 is 23.4 Å². The van der Waals surface area contributed by atoms with Crippen molar-refractivity contribution in [1.29, 1.82) is 0 Å². The van der Waals surface area contributed by atoms with Gasteiger partial charge in [-0.2, -0.15) is 5.01 Å². The van der Waals surface area contributed by atoms with E-state index in [2.05, 4.69) is 16.1 Å². The molecule has 0 spiro atoms. The van der Waals surface area contributed by atoms with E-state index in [4.69, 9.17) is 0 Å². The molecule has 1 aliphatic heterocycles. The van der Waals surface area contributed by atoms with Crippen LogP contribution in [0, 0.1) is 0 Å². The van der Waals surface area contributed by atoms with Gasteiger partial charge in [-0.25, -0.2) is 4.79 Å². The summed E-state index contributed by atoms with van der Waals surface area (Å²) in [5, 5.41) is 6.04. The molecule has 4 N–H and O–H groups in total. The lowest BCUT2D eigenvalue weighted by atomic mass is 9.92. The van der Waals surface area contributed by atoms with Crippen LogP contribution in [0.15, 0.2) is 30.3 Å². The molecule has 1 saturated heterocycles. The Morgan fingerprint density at radius 1 is 1.15 bits per heavy atom. The molecule has 9 nitrogen and oxygen atoms in total. The second-order valence-corrected chi connectivity index (χ2v) is 7.13. The van der Waals surface area contributed by atoms with E-state index in [1.165, 1.54) is 0 Å². The van der Waals surface area contributed by atoms with Gasteiger partial charge in [-0.15, -0.1) is 0 Å². The van der Waals surface area contributed by atoms with E-state index in [1.54, 1.807) is 38.2 Å². The minimum atomic E-state index is -1.25. The first-order valence-electron chi connectivity index (χ1n) is 8.76. The van der Waals surface area contributed by atoms with Crippen molar-refractivity contribution < 1.29 is 24.1 Å². The number of likely N-dealkylation sites (N-methyl/N-ethyl adjacent to an activating group) is 1. The van der Waals surface area contributed by atoms with Gasteiger partial charge in [0.15, 0.2) is 13.1 Å². The summed E-state index contributed by atoms with van der Waals surface area (Å²) in [4.78, 5) is 49.5. The van der Waals surface area contributed by atoms with Crippen LogP contribution in [0.1, 0.15) is 26.3 Å². The van der Waals surface area contributed by atoms with E-state index in [1.807, 2.05) is 19.9 Å². The Morgan fingerprint density at radius 3 is 2.33 bits per heavy atom. The molecule has 0 bridgehead atoms. The number of imide groups is 1. The second-order valence-electron chi connectivity index (χ2n) is 7.13. The number of rotatable bonds is 7. The summed E-state index contributed by atoms with van der Waals surface area (Å²) in [7, 11) is 1.68. The Morgan fingerprint density at radius 2 is 1.74 bits per heavy atom. The molecule has 2 rings (SSSR count). The van der Waals surface area contributed by atoms with Gasteiger partial charge in [-0.1, -0.05) is 30.3 Å². The minimum Gasteiger partial charge on any atom is -0.349 e. The summed E-state index contributed by atoms with van der Waals surface area (Å²) in [5.74, 6) is -1.28. The molecule has 0 radical (unpaired) electrons. The average Bonchev–Trinajstić information content (AvgIpc) is 2.79. The first kappa shape index (κ1) is 20.4. The Balaban J connectivity index is 1.97. The maximum atomic E-state index is 12.7. The topological polar surface area (TPSA) is 112 Å². The highest BCUT2D eigenvalue weighted by Gasteiger charge is 2.50. The number of nitrogens with one attached hydrogen (secondary N) is 4. The van der Waals surface area contributed by atoms with Crippen LogP contribution < -0.4 is 21.0 Å². The molecule has 1 heterocycles. The van der Waals surface area contributed by atoms with E-state index in [0.717, 1.165) is 0 Å². The van der Waals surface area contributed by atoms with Crippen molar-refractivity contribution in [2.24, 2.45) is 0 Å². The third kappa shape index (κ3) is 4.82. The number of amides is 5. The molecule has 5 amide bonds. The molecule has 27 heavy (non-hydrogen) atoms. The largest absolute Gasteiger partial charge is 0.349 e. The predicted octanol–water partition coefficient (Wildman–Crippen LogP) is -1.48. The van der Waals surface area contributed by atoms with Gasteiger partial charge in [0.1, 0.15) is 5.54 Å². The number of benzene rings is 1. The number of carbonyl (C=O) groups is 4. The Labute approximate surface area is 158 Å². The summed E-state index contributed by atoms with van der Waals surface area (Å²) in [6, 6.07) is 8.12. The number of hydrogen-bond donors (Lipinski definition) is 4. The maximum absolute atomic E-state index is 12.7. The number of urea groups is 1. The molecule has 0 saturated carbocycles. The van der Waals surface area contributed by atoms with Crippen LogP contribution in [0.25, 0.3) is 0 Å². The monoisotopic (exact) mass is 376 g/mol. The highest BCUT2D eigenvalue weighted by molar-refractivity contribution is 6.08. The zero-order valence-corrected chi connectivity index (χ0v) is 16.0. The quantitative estimate of drug-likeness (QED) is 0.435. The molecule has 1 aliphatic rings. The zero-order chi connectivity index (χ0) is 20.2. The summed E-state index contributed by atoms with van der Waals surface area (Å²) < 4.78 is 0. The van der Waals surface area contributed by atoms with Gasteiger partial charge >= 0.3 is 6.03 Å². The minimum absolute atomic E-state index is 0.0145. The van der Waals surface area contributed by atoms with E-state index in [0.29, 0.717) is 15.5 Å². The SMILES string of the molecule is CC(C)NC(=O)C[NH+](C)CC(=O)NN1C(=O)N[C@@](C)(c2ccccc2)C1=O. The van der Waals surface area contributed by atoms with Gasteiger partial charge < -0.3 is 15.5 Å². The Bertz CT molecular complexity index is 737. The number of hydrogen-bond acceptors (Lipinski definition) is 4. The summed E-state index contributed by atoms with van der Waals surface area (Å²) in [6.07, 6.45) is 0. The molecule has 0 aliphatic carbocycles. The van der Waals surface area contributed by atoms with Gasteiger partial charge in [-0.05, 0) is 26.3 Å². The van der Waals surface area contributed by atoms with E-state index in [9.17, 15) is 19.2 Å². The molecule has 1 aromatic rings. The summed E-state index contributed by atoms with van der Waals surface area (Å²) in [5.41, 5.74) is 1.70. The molecule has 1 aromatic carbocycles. The molecule has 1 fully saturated rings. The molecule has 1 unspecified atom stereocenters. The van der Waals surface area contributed by atoms with Crippen LogP contribution in [0.3, 0.4) is 0 Å². The van der Waals surface area contributed by atoms with Gasteiger partial charge in [0.05, 0.1) is 7.05 Å². The smallest absolute Gasteiger partial charge is 0.344 e. The third-order valence-electron chi connectivity index (χ3n) is 4.15. The molecular formula is C18H26N5O4+. The summed E-state index contributed by atoms with van der Waals surface area (Å²) >= 11 is 0. The fraction of sp³-hybridized carbons (Fsp3) is 0.444. The first-order chi connectivity index (χ1) is 12.6. The fourth-order valence-corrected chi connectivity index (χ4v) is 2.86. The molecule has 9 heteroatoms. The molecular weight excluding hydrogens is 350 g/mol. The lowest BCUT2D eigenvalue weighted by Crippen LogP contribution is -3.11. The van der Waals surface area contributed by atoms with Crippen LogP contribution in [0.5, 0.6) is 0 Å². The molecule has 0 aromatic heterocycles. The van der Waals surface area contributed by atoms with Gasteiger partial charge in [0, 0.05) is 6.04 Å². The number of nitrogens with zero attached hydrogens (tertiary/aromatic N) is 1. The van der Waals surface area contributed by atoms with Crippen LogP contribution >= 0.6 is 0 Å². The predicted molar refractivity (Wildman–Crippen MR) is 97.2 cm³/mol. The van der Waals surface area contributed by atoms with Gasteiger partial charge in [0.25, 0.3) is 17.7 Å². The van der Waals surface area contributed by atoms with Crippen molar-refractivity contribution in [2.75, 3.05) is 20.1 Å². The van der Waals surface area contributed by atoms with E-state index in [-0.39, 0.29) is 25.0 Å². The second kappa shape index (κ2) is 8.17. The van der Waals surface area contributed by atoms with Crippen LogP contribution in [0.4, 0.5) is 4.79 Å². The van der Waals surface area contributed by atoms with Gasteiger partial charge in [0.2, 0.25) is 0 Å². The highest BCUT2D eigenvalue weighted by Crippen LogP contribution is 2.27. The van der Waals surface area contributed by atoms with Crippen LogP contribution in [-0.4, -0.2) is 54.9 Å². The highest BCUT2D eigenvalue weighted by atomic mass is 16.2. The van der Waals surface area contributed by atoms with Crippen molar-refractivity contribution in [3.05, 3.63) is 35.9 Å². The summed E-state index contributed by atoms with van der Waals surface area (Å²) in [6.45, 7) is 5.32. The fourth-order valence-electron chi connectivity index (χ4n) is 2.86. The van der Waals surface area contributed by atoms with Crippen molar-refractivity contribution >= 4 is 23.8 Å². The van der Waals surface area contributed by atoms with Crippen molar-refractivity contribution in [2.45, 2.75) is 32.4 Å². The third-order valence-corrected chi connectivity index (χ3v) is 4.15. The Hall–Kier alpha value is -2.94. The molecule has 146 valence electrons. The van der Waals surface area contributed by atoms with Crippen LogP contribution in [0.2, 0.25) is 0 Å². The lowest BCUT2D eigenvalue weighted by Gasteiger charge is -2.22. The first-order valence-corrected chi connectivity index (χ1v) is 8.76. The van der Waals surface area contributed by atoms with Crippen molar-refractivity contribution in [3.63, 3.8) is 0 Å². The Kier molecular flexibility index (Phi) is 6.17. The maximum Gasteiger partial charge on any atom is 0.344 e. The van der Waals surface area contributed by atoms with Gasteiger partial charge in [-0.3, -0.25) is 19.8 Å².